The van der Waals surface area contributed by atoms with E-state index in [9.17, 15) is 13.2 Å². The summed E-state index contributed by atoms with van der Waals surface area (Å²) in [6.45, 7) is 0. The number of hydrogen-bond acceptors (Lipinski definition) is 4. The summed E-state index contributed by atoms with van der Waals surface area (Å²) in [7, 11) is -2.31. The van der Waals surface area contributed by atoms with E-state index in [4.69, 9.17) is 0 Å². The Hall–Kier alpha value is -2.21. The molecular formula is C13H10N2O3S. The zero-order chi connectivity index (χ0) is 13.6. The Kier molecular flexibility index (Phi) is 2.43. The van der Waals surface area contributed by atoms with Crippen LogP contribution in [0.1, 0.15) is 15.9 Å². The molecule has 2 heterocycles. The third-order valence-electron chi connectivity index (χ3n) is 3.15. The molecule has 0 saturated carbocycles. The van der Waals surface area contributed by atoms with Crippen LogP contribution in [0.4, 0.5) is 5.69 Å². The van der Waals surface area contributed by atoms with Crippen molar-refractivity contribution in [1.29, 1.82) is 0 Å². The average molecular weight is 274 g/mol. The molecule has 0 atom stereocenters. The number of sulfonamides is 1. The van der Waals surface area contributed by atoms with E-state index in [0.717, 1.165) is 4.31 Å². The molecule has 6 heteroatoms. The molecule has 1 aromatic carbocycles. The van der Waals surface area contributed by atoms with Crippen molar-refractivity contribution in [2.24, 2.45) is 0 Å². The third-order valence-corrected chi connectivity index (χ3v) is 4.98. The minimum absolute atomic E-state index is 0.0266. The first-order valence-electron chi connectivity index (χ1n) is 5.60. The molecule has 0 radical (unpaired) electrons. The number of carbonyl (C=O) groups excluding carboxylic acids is 1. The number of fused-ring (bicyclic) bond motifs is 2. The van der Waals surface area contributed by atoms with Crippen LogP contribution in [-0.4, -0.2) is 26.2 Å². The fraction of sp³-hybridized carbons (Fsp3) is 0.0769. The van der Waals surface area contributed by atoms with E-state index in [1.54, 1.807) is 12.1 Å². The second kappa shape index (κ2) is 3.89. The SMILES string of the molecule is CN1c2cnccc2C(=O)c2ccccc2S1(=O)=O. The maximum absolute atomic E-state index is 12.5. The van der Waals surface area contributed by atoms with Gasteiger partial charge in [-0.25, -0.2) is 8.42 Å². The van der Waals surface area contributed by atoms with Crippen LogP contribution in [0.5, 0.6) is 0 Å². The number of pyridine rings is 1. The summed E-state index contributed by atoms with van der Waals surface area (Å²) in [4.78, 5) is 16.4. The molecule has 3 rings (SSSR count). The minimum Gasteiger partial charge on any atom is -0.288 e. The summed E-state index contributed by atoms with van der Waals surface area (Å²) in [5, 5.41) is 0. The number of hydrogen-bond donors (Lipinski definition) is 0. The minimum atomic E-state index is -3.73. The van der Waals surface area contributed by atoms with E-state index in [1.165, 1.54) is 37.6 Å². The van der Waals surface area contributed by atoms with Gasteiger partial charge in [0.15, 0.2) is 5.78 Å². The Morgan fingerprint density at radius 1 is 1.11 bits per heavy atom. The highest BCUT2D eigenvalue weighted by molar-refractivity contribution is 7.93. The lowest BCUT2D eigenvalue weighted by Crippen LogP contribution is -2.26. The Labute approximate surface area is 110 Å². The fourth-order valence-electron chi connectivity index (χ4n) is 2.13. The Balaban J connectivity index is 2.45. The van der Waals surface area contributed by atoms with Crippen molar-refractivity contribution in [3.05, 3.63) is 53.9 Å². The molecule has 0 saturated heterocycles. The van der Waals surface area contributed by atoms with Crippen LogP contribution in [0.2, 0.25) is 0 Å². The summed E-state index contributed by atoms with van der Waals surface area (Å²) in [5.74, 6) is -0.305. The fourth-order valence-corrected chi connectivity index (χ4v) is 3.52. The lowest BCUT2D eigenvalue weighted by Gasteiger charge is -2.18. The van der Waals surface area contributed by atoms with Crippen molar-refractivity contribution in [3.8, 4) is 0 Å². The molecule has 0 N–H and O–H groups in total. The zero-order valence-electron chi connectivity index (χ0n) is 10.1. The van der Waals surface area contributed by atoms with Gasteiger partial charge in [0.2, 0.25) is 0 Å². The second-order valence-corrected chi connectivity index (χ2v) is 6.13. The summed E-state index contributed by atoms with van der Waals surface area (Å²) < 4.78 is 26.1. The van der Waals surface area contributed by atoms with Gasteiger partial charge in [0.1, 0.15) is 0 Å². The van der Waals surface area contributed by atoms with Crippen molar-refractivity contribution in [3.63, 3.8) is 0 Å². The first kappa shape index (κ1) is 11.9. The van der Waals surface area contributed by atoms with Crippen molar-refractivity contribution in [2.75, 3.05) is 11.4 Å². The summed E-state index contributed by atoms with van der Waals surface area (Å²) >= 11 is 0. The maximum Gasteiger partial charge on any atom is 0.264 e. The second-order valence-electron chi connectivity index (χ2n) is 4.19. The number of ketones is 1. The molecule has 0 unspecified atom stereocenters. The van der Waals surface area contributed by atoms with E-state index < -0.39 is 10.0 Å². The van der Waals surface area contributed by atoms with E-state index in [2.05, 4.69) is 4.98 Å². The zero-order valence-corrected chi connectivity index (χ0v) is 10.9. The standard InChI is InChI=1S/C13H10N2O3S/c1-15-11-8-14-7-6-9(11)13(16)10-4-2-3-5-12(10)19(15,17)18/h2-8H,1H3. The molecule has 1 aliphatic rings. The first-order valence-corrected chi connectivity index (χ1v) is 7.04. The summed E-state index contributed by atoms with van der Waals surface area (Å²) in [6, 6.07) is 7.76. The van der Waals surface area contributed by atoms with Crippen molar-refractivity contribution < 1.29 is 13.2 Å². The number of nitrogens with zero attached hydrogens (tertiary/aromatic N) is 2. The van der Waals surface area contributed by atoms with Gasteiger partial charge in [-0.1, -0.05) is 12.1 Å². The highest BCUT2D eigenvalue weighted by Gasteiger charge is 2.33. The molecule has 96 valence electrons. The van der Waals surface area contributed by atoms with E-state index >= 15 is 0 Å². The normalized spacial score (nSPS) is 16.5. The molecule has 0 aliphatic carbocycles. The Morgan fingerprint density at radius 3 is 2.63 bits per heavy atom. The smallest absolute Gasteiger partial charge is 0.264 e. The third kappa shape index (κ3) is 1.57. The van der Waals surface area contributed by atoms with Crippen molar-refractivity contribution in [2.45, 2.75) is 4.90 Å². The van der Waals surface area contributed by atoms with E-state index in [0.29, 0.717) is 11.3 Å². The van der Waals surface area contributed by atoms with Gasteiger partial charge in [0, 0.05) is 18.8 Å². The van der Waals surface area contributed by atoms with Crippen LogP contribution in [-0.2, 0) is 10.0 Å². The largest absolute Gasteiger partial charge is 0.288 e. The lowest BCUT2D eigenvalue weighted by molar-refractivity contribution is 0.103. The number of aromatic nitrogens is 1. The predicted molar refractivity (Wildman–Crippen MR) is 69.7 cm³/mol. The van der Waals surface area contributed by atoms with Crippen LogP contribution in [0.3, 0.4) is 0 Å². The molecule has 1 aliphatic heterocycles. The molecular weight excluding hydrogens is 264 g/mol. The van der Waals surface area contributed by atoms with Gasteiger partial charge in [-0.3, -0.25) is 14.1 Å². The average Bonchev–Trinajstić information content (AvgIpc) is 2.50. The summed E-state index contributed by atoms with van der Waals surface area (Å²) in [6.07, 6.45) is 2.86. The van der Waals surface area contributed by atoms with Crippen molar-refractivity contribution >= 4 is 21.5 Å². The quantitative estimate of drug-likeness (QED) is 0.729. The molecule has 2 aromatic rings. The highest BCUT2D eigenvalue weighted by Crippen LogP contribution is 2.32. The van der Waals surface area contributed by atoms with Crippen molar-refractivity contribution in [1.82, 2.24) is 4.98 Å². The predicted octanol–water partition coefficient (Wildman–Crippen LogP) is 1.45. The van der Waals surface area contributed by atoms with Gasteiger partial charge in [-0.2, -0.15) is 0 Å². The number of benzene rings is 1. The van der Waals surface area contributed by atoms with Crippen LogP contribution in [0.25, 0.3) is 0 Å². The Morgan fingerprint density at radius 2 is 1.84 bits per heavy atom. The first-order chi connectivity index (χ1) is 9.03. The van der Waals surface area contributed by atoms with Crippen LogP contribution >= 0.6 is 0 Å². The van der Waals surface area contributed by atoms with Gasteiger partial charge in [0.25, 0.3) is 10.0 Å². The molecule has 1 aromatic heterocycles. The van der Waals surface area contributed by atoms with Crippen LogP contribution in [0, 0.1) is 0 Å². The van der Waals surface area contributed by atoms with Gasteiger partial charge < -0.3 is 0 Å². The molecule has 0 amide bonds. The topological polar surface area (TPSA) is 67.3 Å². The molecule has 5 nitrogen and oxygen atoms in total. The van der Waals surface area contributed by atoms with Gasteiger partial charge in [0.05, 0.1) is 22.3 Å². The van der Waals surface area contributed by atoms with Crippen LogP contribution in [0.15, 0.2) is 47.6 Å². The number of carbonyl (C=O) groups is 1. The molecule has 0 spiro atoms. The molecule has 0 bridgehead atoms. The highest BCUT2D eigenvalue weighted by atomic mass is 32.2. The number of anilines is 1. The molecule has 0 fully saturated rings. The Bertz CT molecular complexity index is 784. The number of rotatable bonds is 0. The van der Waals surface area contributed by atoms with E-state index in [1.807, 2.05) is 0 Å². The van der Waals surface area contributed by atoms with Gasteiger partial charge >= 0.3 is 0 Å². The van der Waals surface area contributed by atoms with Gasteiger partial charge in [-0.15, -0.1) is 0 Å². The molecule has 19 heavy (non-hydrogen) atoms. The van der Waals surface area contributed by atoms with Gasteiger partial charge in [-0.05, 0) is 18.2 Å². The lowest BCUT2D eigenvalue weighted by atomic mass is 10.0. The summed E-state index contributed by atoms with van der Waals surface area (Å²) in [5.41, 5.74) is 0.828. The maximum atomic E-state index is 12.5. The van der Waals surface area contributed by atoms with E-state index in [-0.39, 0.29) is 16.2 Å². The monoisotopic (exact) mass is 274 g/mol. The van der Waals surface area contributed by atoms with Crippen LogP contribution < -0.4 is 4.31 Å².